The predicted octanol–water partition coefficient (Wildman–Crippen LogP) is 3.57. The molecular formula is C20H25N3O2S. The highest BCUT2D eigenvalue weighted by molar-refractivity contribution is 7.99. The summed E-state index contributed by atoms with van der Waals surface area (Å²) < 4.78 is 5.78. The molecule has 1 fully saturated rings. The minimum atomic E-state index is 0.0141. The van der Waals surface area contributed by atoms with Gasteiger partial charge in [-0.25, -0.2) is 0 Å². The van der Waals surface area contributed by atoms with Crippen molar-refractivity contribution in [1.82, 2.24) is 4.98 Å². The number of hydrogen-bond donors (Lipinski definition) is 1. The van der Waals surface area contributed by atoms with Gasteiger partial charge < -0.3 is 15.0 Å². The van der Waals surface area contributed by atoms with Gasteiger partial charge in [0.05, 0.1) is 18.0 Å². The number of thioether (sulfide) groups is 1. The van der Waals surface area contributed by atoms with E-state index in [2.05, 4.69) is 41.2 Å². The number of aromatic nitrogens is 1. The number of nitrogens with one attached hydrogen (secondary N) is 1. The number of anilines is 2. The minimum absolute atomic E-state index is 0.0141. The highest BCUT2D eigenvalue weighted by atomic mass is 32.2. The Balaban J connectivity index is 1.47. The molecule has 0 radical (unpaired) electrons. The molecule has 1 amide bonds. The van der Waals surface area contributed by atoms with Crippen molar-refractivity contribution in [2.45, 2.75) is 31.8 Å². The smallest absolute Gasteiger partial charge is 0.234 e. The van der Waals surface area contributed by atoms with Crippen LogP contribution >= 0.6 is 11.8 Å². The van der Waals surface area contributed by atoms with Gasteiger partial charge in [-0.05, 0) is 49.7 Å². The number of nitrogens with zero attached hydrogens (tertiary/aromatic N) is 2. The third kappa shape index (κ3) is 5.47. The average Bonchev–Trinajstić information content (AvgIpc) is 2.62. The third-order valence-corrected chi connectivity index (χ3v) is 5.16. The van der Waals surface area contributed by atoms with E-state index in [-0.39, 0.29) is 18.1 Å². The summed E-state index contributed by atoms with van der Waals surface area (Å²) >= 11 is 1.59. The van der Waals surface area contributed by atoms with Crippen molar-refractivity contribution in [3.05, 3.63) is 54.4 Å². The molecule has 26 heavy (non-hydrogen) atoms. The summed E-state index contributed by atoms with van der Waals surface area (Å²) in [6.45, 7) is 5.98. The fourth-order valence-electron chi connectivity index (χ4n) is 3.09. The van der Waals surface area contributed by atoms with Gasteiger partial charge >= 0.3 is 0 Å². The first kappa shape index (κ1) is 18.7. The summed E-state index contributed by atoms with van der Waals surface area (Å²) in [7, 11) is 0. The van der Waals surface area contributed by atoms with Gasteiger partial charge in [-0.15, -0.1) is 11.8 Å². The van der Waals surface area contributed by atoms with E-state index in [1.165, 1.54) is 0 Å². The molecule has 5 nitrogen and oxygen atoms in total. The second-order valence-electron chi connectivity index (χ2n) is 6.61. The van der Waals surface area contributed by atoms with Crippen LogP contribution in [0.15, 0.2) is 48.8 Å². The molecule has 6 heteroatoms. The van der Waals surface area contributed by atoms with Gasteiger partial charge in [0.2, 0.25) is 5.91 Å². The van der Waals surface area contributed by atoms with Crippen LogP contribution in [-0.4, -0.2) is 41.9 Å². The van der Waals surface area contributed by atoms with Crippen LogP contribution in [0.2, 0.25) is 0 Å². The van der Waals surface area contributed by atoms with E-state index in [4.69, 9.17) is 4.74 Å². The first-order valence-corrected chi connectivity index (χ1v) is 10.0. The molecule has 0 saturated carbocycles. The molecule has 2 aromatic rings. The standard InChI is InChI=1S/C20H25N3O2S/c1-15-11-23(12-16(2)25-15)19-7-5-18(6-8-19)22-20(24)14-26-13-17-4-3-9-21-10-17/h3-10,15-16H,11-14H2,1-2H3,(H,22,24). The van der Waals surface area contributed by atoms with Crippen molar-refractivity contribution < 1.29 is 9.53 Å². The lowest BCUT2D eigenvalue weighted by Crippen LogP contribution is -2.45. The second-order valence-corrected chi connectivity index (χ2v) is 7.60. The van der Waals surface area contributed by atoms with Crippen LogP contribution < -0.4 is 10.2 Å². The lowest BCUT2D eigenvalue weighted by atomic mass is 10.2. The maximum Gasteiger partial charge on any atom is 0.234 e. The Morgan fingerprint density at radius 3 is 2.62 bits per heavy atom. The number of carbonyl (C=O) groups is 1. The molecule has 1 aliphatic rings. The molecule has 1 aromatic heterocycles. The van der Waals surface area contributed by atoms with Gasteiger partial charge in [0.15, 0.2) is 0 Å². The molecule has 2 unspecified atom stereocenters. The van der Waals surface area contributed by atoms with Gasteiger partial charge in [-0.1, -0.05) is 6.07 Å². The summed E-state index contributed by atoms with van der Waals surface area (Å²) in [5.41, 5.74) is 3.12. The SMILES string of the molecule is CC1CN(c2ccc(NC(=O)CSCc3cccnc3)cc2)CC(C)O1. The summed E-state index contributed by atoms with van der Waals surface area (Å²) in [5, 5.41) is 2.96. The molecule has 1 aliphatic heterocycles. The van der Waals surface area contributed by atoms with Crippen LogP contribution in [0.4, 0.5) is 11.4 Å². The highest BCUT2D eigenvalue weighted by Gasteiger charge is 2.22. The molecule has 0 spiro atoms. The van der Waals surface area contributed by atoms with Crippen LogP contribution in [0.5, 0.6) is 0 Å². The van der Waals surface area contributed by atoms with Crippen molar-refractivity contribution >= 4 is 29.0 Å². The second kappa shape index (κ2) is 9.05. The number of morpholine rings is 1. The van der Waals surface area contributed by atoms with Crippen LogP contribution in [0.25, 0.3) is 0 Å². The van der Waals surface area contributed by atoms with E-state index in [1.54, 1.807) is 18.0 Å². The average molecular weight is 372 g/mol. The molecule has 1 saturated heterocycles. The van der Waals surface area contributed by atoms with Crippen LogP contribution in [0.3, 0.4) is 0 Å². The Labute approximate surface area is 159 Å². The Hall–Kier alpha value is -2.05. The molecule has 1 aromatic carbocycles. The number of rotatable bonds is 6. The predicted molar refractivity (Wildman–Crippen MR) is 108 cm³/mol. The van der Waals surface area contributed by atoms with Crippen LogP contribution in [0.1, 0.15) is 19.4 Å². The molecule has 0 bridgehead atoms. The maximum atomic E-state index is 12.1. The quantitative estimate of drug-likeness (QED) is 0.841. The normalized spacial score (nSPS) is 20.0. The van der Waals surface area contributed by atoms with Crippen LogP contribution in [-0.2, 0) is 15.3 Å². The van der Waals surface area contributed by atoms with E-state index < -0.39 is 0 Å². The first-order chi connectivity index (χ1) is 12.6. The number of hydrogen-bond acceptors (Lipinski definition) is 5. The fraction of sp³-hybridized carbons (Fsp3) is 0.400. The molecular weight excluding hydrogens is 346 g/mol. The zero-order chi connectivity index (χ0) is 18.4. The van der Waals surface area contributed by atoms with Gasteiger partial charge in [0.1, 0.15) is 0 Å². The van der Waals surface area contributed by atoms with E-state index >= 15 is 0 Å². The molecule has 1 N–H and O–H groups in total. The highest BCUT2D eigenvalue weighted by Crippen LogP contribution is 2.22. The summed E-state index contributed by atoms with van der Waals surface area (Å²) in [5.74, 6) is 1.23. The molecule has 138 valence electrons. The Morgan fingerprint density at radius 2 is 1.96 bits per heavy atom. The van der Waals surface area contributed by atoms with Gasteiger partial charge in [-0.3, -0.25) is 9.78 Å². The van der Waals surface area contributed by atoms with E-state index in [0.717, 1.165) is 35.8 Å². The summed E-state index contributed by atoms with van der Waals surface area (Å²) in [4.78, 5) is 18.5. The molecule has 2 heterocycles. The minimum Gasteiger partial charge on any atom is -0.372 e. The zero-order valence-electron chi connectivity index (χ0n) is 15.2. The third-order valence-electron chi connectivity index (χ3n) is 4.16. The topological polar surface area (TPSA) is 54.5 Å². The van der Waals surface area contributed by atoms with Gasteiger partial charge in [-0.2, -0.15) is 0 Å². The van der Waals surface area contributed by atoms with Crippen molar-refractivity contribution in [3.63, 3.8) is 0 Å². The number of amides is 1. The Bertz CT molecular complexity index is 699. The fourth-order valence-corrected chi connectivity index (χ4v) is 3.85. The maximum absolute atomic E-state index is 12.1. The van der Waals surface area contributed by atoms with Crippen molar-refractivity contribution in [2.75, 3.05) is 29.1 Å². The largest absolute Gasteiger partial charge is 0.372 e. The van der Waals surface area contributed by atoms with Crippen LogP contribution in [0, 0.1) is 0 Å². The lowest BCUT2D eigenvalue weighted by Gasteiger charge is -2.36. The monoisotopic (exact) mass is 371 g/mol. The van der Waals surface area contributed by atoms with E-state index in [1.807, 2.05) is 30.5 Å². The van der Waals surface area contributed by atoms with Gasteiger partial charge in [0.25, 0.3) is 0 Å². The first-order valence-electron chi connectivity index (χ1n) is 8.87. The van der Waals surface area contributed by atoms with Gasteiger partial charge in [0, 0.05) is 42.6 Å². The summed E-state index contributed by atoms with van der Waals surface area (Å²) in [6, 6.07) is 12.0. The number of benzene rings is 1. The molecule has 3 rings (SSSR count). The zero-order valence-corrected chi connectivity index (χ0v) is 16.0. The van der Waals surface area contributed by atoms with Crippen molar-refractivity contribution in [1.29, 1.82) is 0 Å². The van der Waals surface area contributed by atoms with E-state index in [9.17, 15) is 4.79 Å². The Morgan fingerprint density at radius 1 is 1.23 bits per heavy atom. The summed E-state index contributed by atoms with van der Waals surface area (Å²) in [6.07, 6.45) is 4.05. The number of carbonyl (C=O) groups excluding carboxylic acids is 1. The number of pyridine rings is 1. The van der Waals surface area contributed by atoms with Crippen molar-refractivity contribution in [2.24, 2.45) is 0 Å². The molecule has 2 atom stereocenters. The molecule has 0 aliphatic carbocycles. The van der Waals surface area contributed by atoms with E-state index in [0.29, 0.717) is 5.75 Å². The Kier molecular flexibility index (Phi) is 6.52. The number of ether oxygens (including phenoxy) is 1. The van der Waals surface area contributed by atoms with Crippen molar-refractivity contribution in [3.8, 4) is 0 Å². The lowest BCUT2D eigenvalue weighted by molar-refractivity contribution is -0.113.